The molecule has 3 rings (SSSR count). The SMILES string of the molecule is CC[C@H](C)CC(C(=O)Nc1ccn(C[C@@H](O)CO)n1)n1cc(Oc2ccccc2Cl)cc1O. The molecule has 33 heavy (non-hydrogen) atoms. The zero-order chi connectivity index (χ0) is 24.0. The number of anilines is 1. The smallest absolute Gasteiger partial charge is 0.248 e. The molecule has 2 aromatic heterocycles. The van der Waals surface area contributed by atoms with Gasteiger partial charge in [-0.15, -0.1) is 0 Å². The minimum Gasteiger partial charge on any atom is -0.494 e. The van der Waals surface area contributed by atoms with Crippen molar-refractivity contribution in [2.45, 2.75) is 45.4 Å². The molecule has 178 valence electrons. The molecular weight excluding hydrogens is 448 g/mol. The minimum absolute atomic E-state index is 0.101. The van der Waals surface area contributed by atoms with Gasteiger partial charge in [-0.1, -0.05) is 44.0 Å². The van der Waals surface area contributed by atoms with Crippen LogP contribution in [-0.4, -0.2) is 48.3 Å². The van der Waals surface area contributed by atoms with Crippen LogP contribution in [0.15, 0.2) is 48.8 Å². The highest BCUT2D eigenvalue weighted by Gasteiger charge is 2.26. The number of halogens is 1. The molecule has 0 aliphatic carbocycles. The first-order chi connectivity index (χ1) is 15.8. The molecule has 0 bridgehead atoms. The predicted molar refractivity (Wildman–Crippen MR) is 125 cm³/mol. The third kappa shape index (κ3) is 6.50. The van der Waals surface area contributed by atoms with Crippen molar-refractivity contribution in [2.75, 3.05) is 11.9 Å². The van der Waals surface area contributed by atoms with E-state index in [0.29, 0.717) is 28.8 Å². The second-order valence-corrected chi connectivity index (χ2v) is 8.39. The molecule has 0 spiro atoms. The lowest BCUT2D eigenvalue weighted by atomic mass is 9.98. The maximum atomic E-state index is 13.2. The summed E-state index contributed by atoms with van der Waals surface area (Å²) >= 11 is 6.16. The van der Waals surface area contributed by atoms with Crippen molar-refractivity contribution < 1.29 is 24.9 Å². The van der Waals surface area contributed by atoms with Crippen molar-refractivity contribution in [2.24, 2.45) is 5.92 Å². The highest BCUT2D eigenvalue weighted by Crippen LogP contribution is 2.35. The molecule has 0 saturated carbocycles. The van der Waals surface area contributed by atoms with Gasteiger partial charge >= 0.3 is 0 Å². The van der Waals surface area contributed by atoms with Gasteiger partial charge in [0.25, 0.3) is 0 Å². The Balaban J connectivity index is 1.80. The van der Waals surface area contributed by atoms with E-state index in [1.165, 1.54) is 15.3 Å². The molecule has 0 saturated heterocycles. The Morgan fingerprint density at radius 1 is 1.30 bits per heavy atom. The van der Waals surface area contributed by atoms with Crippen molar-refractivity contribution in [3.63, 3.8) is 0 Å². The summed E-state index contributed by atoms with van der Waals surface area (Å²) in [6, 6.07) is 9.31. The van der Waals surface area contributed by atoms with E-state index in [4.69, 9.17) is 21.4 Å². The Morgan fingerprint density at radius 3 is 2.76 bits per heavy atom. The zero-order valence-corrected chi connectivity index (χ0v) is 19.3. The van der Waals surface area contributed by atoms with Gasteiger partial charge in [-0.3, -0.25) is 9.48 Å². The van der Waals surface area contributed by atoms with Gasteiger partial charge in [-0.2, -0.15) is 5.10 Å². The van der Waals surface area contributed by atoms with Crippen molar-refractivity contribution in [1.82, 2.24) is 14.3 Å². The largest absolute Gasteiger partial charge is 0.494 e. The number of aliphatic hydroxyl groups excluding tert-OH is 2. The maximum Gasteiger partial charge on any atom is 0.248 e. The number of aliphatic hydroxyl groups is 2. The molecule has 0 aliphatic rings. The van der Waals surface area contributed by atoms with Gasteiger partial charge in [-0.25, -0.2) is 0 Å². The first-order valence-corrected chi connectivity index (χ1v) is 11.1. The fourth-order valence-electron chi connectivity index (χ4n) is 3.31. The average Bonchev–Trinajstić information content (AvgIpc) is 3.38. The molecule has 10 heteroatoms. The first-order valence-electron chi connectivity index (χ1n) is 10.8. The van der Waals surface area contributed by atoms with Gasteiger partial charge < -0.3 is 29.9 Å². The van der Waals surface area contributed by atoms with E-state index in [9.17, 15) is 15.0 Å². The van der Waals surface area contributed by atoms with Crippen LogP contribution < -0.4 is 10.1 Å². The quantitative estimate of drug-likeness (QED) is 0.334. The maximum absolute atomic E-state index is 13.2. The predicted octanol–water partition coefficient (Wildman–Crippen LogP) is 3.81. The lowest BCUT2D eigenvalue weighted by Gasteiger charge is -2.21. The third-order valence-electron chi connectivity index (χ3n) is 5.33. The molecule has 1 amide bonds. The number of amides is 1. The molecule has 1 aromatic carbocycles. The van der Waals surface area contributed by atoms with Crippen LogP contribution in [0.2, 0.25) is 5.02 Å². The summed E-state index contributed by atoms with van der Waals surface area (Å²) in [6.07, 6.45) is 3.57. The molecule has 0 aliphatic heterocycles. The third-order valence-corrected chi connectivity index (χ3v) is 5.64. The highest BCUT2D eigenvalue weighted by atomic mass is 35.5. The number of nitrogens with one attached hydrogen (secondary N) is 1. The number of ether oxygens (including phenoxy) is 1. The van der Waals surface area contributed by atoms with Gasteiger partial charge in [0.15, 0.2) is 11.7 Å². The van der Waals surface area contributed by atoms with Gasteiger partial charge in [0.2, 0.25) is 5.91 Å². The van der Waals surface area contributed by atoms with Gasteiger partial charge in [0.1, 0.15) is 17.5 Å². The number of carbonyl (C=O) groups is 1. The summed E-state index contributed by atoms with van der Waals surface area (Å²) in [5.41, 5.74) is 0. The Kier molecular flexibility index (Phi) is 8.37. The molecule has 9 nitrogen and oxygen atoms in total. The first kappa shape index (κ1) is 24.6. The standard InChI is InChI=1S/C23H29ClN4O5/c1-3-15(2)10-19(23(32)25-21-8-9-27(26-21)12-16(30)14-29)28-13-17(11-22(28)31)33-20-7-5-4-6-18(20)24/h4-9,11,13,15-16,19,29-31H,3,10,12,14H2,1-2H3,(H,25,26,32)/t15-,16+,19?/m0/s1. The number of hydrogen-bond donors (Lipinski definition) is 4. The zero-order valence-electron chi connectivity index (χ0n) is 18.6. The number of nitrogens with zero attached hydrogens (tertiary/aromatic N) is 3. The van der Waals surface area contributed by atoms with Gasteiger partial charge in [-0.05, 0) is 24.5 Å². The van der Waals surface area contributed by atoms with E-state index in [0.717, 1.165) is 6.42 Å². The van der Waals surface area contributed by atoms with Crippen LogP contribution >= 0.6 is 11.6 Å². The number of rotatable bonds is 11. The normalized spacial score (nSPS) is 14.0. The van der Waals surface area contributed by atoms with Crippen molar-refractivity contribution in [3.05, 3.63) is 53.8 Å². The summed E-state index contributed by atoms with van der Waals surface area (Å²) in [5, 5.41) is 36.5. The van der Waals surface area contributed by atoms with Crippen molar-refractivity contribution >= 4 is 23.3 Å². The number of para-hydroxylation sites is 1. The Bertz CT molecular complexity index is 1070. The van der Waals surface area contributed by atoms with Crippen LogP contribution in [0.3, 0.4) is 0 Å². The van der Waals surface area contributed by atoms with Crippen LogP contribution in [0.5, 0.6) is 17.4 Å². The van der Waals surface area contributed by atoms with E-state index >= 15 is 0 Å². The monoisotopic (exact) mass is 476 g/mol. The second-order valence-electron chi connectivity index (χ2n) is 7.99. The van der Waals surface area contributed by atoms with Gasteiger partial charge in [0.05, 0.1) is 30.5 Å². The topological polar surface area (TPSA) is 122 Å². The highest BCUT2D eigenvalue weighted by molar-refractivity contribution is 6.32. The van der Waals surface area contributed by atoms with Crippen molar-refractivity contribution in [1.29, 1.82) is 0 Å². The fraction of sp³-hybridized carbons (Fsp3) is 0.391. The minimum atomic E-state index is -0.944. The lowest BCUT2D eigenvalue weighted by molar-refractivity contribution is -0.119. The summed E-state index contributed by atoms with van der Waals surface area (Å²) < 4.78 is 8.70. The van der Waals surface area contributed by atoms with E-state index in [2.05, 4.69) is 10.4 Å². The molecule has 3 aromatic rings. The van der Waals surface area contributed by atoms with Crippen LogP contribution in [0, 0.1) is 5.92 Å². The second kappa shape index (κ2) is 11.2. The number of benzene rings is 1. The summed E-state index contributed by atoms with van der Waals surface area (Å²) in [4.78, 5) is 13.2. The summed E-state index contributed by atoms with van der Waals surface area (Å²) in [5.74, 6) is 0.849. The fourth-order valence-corrected chi connectivity index (χ4v) is 3.48. The Morgan fingerprint density at radius 2 is 2.06 bits per heavy atom. The molecular formula is C23H29ClN4O5. The van der Waals surface area contributed by atoms with Crippen LogP contribution in [-0.2, 0) is 11.3 Å². The van der Waals surface area contributed by atoms with Crippen molar-refractivity contribution in [3.8, 4) is 17.4 Å². The summed E-state index contributed by atoms with van der Waals surface area (Å²) in [7, 11) is 0. The van der Waals surface area contributed by atoms with E-state index in [1.54, 1.807) is 42.7 Å². The van der Waals surface area contributed by atoms with Crippen LogP contribution in [0.4, 0.5) is 5.82 Å². The summed E-state index contributed by atoms with van der Waals surface area (Å²) in [6.45, 7) is 3.79. The average molecular weight is 477 g/mol. The number of aromatic nitrogens is 3. The molecule has 0 fully saturated rings. The number of carbonyl (C=O) groups excluding carboxylic acids is 1. The molecule has 1 unspecified atom stereocenters. The van der Waals surface area contributed by atoms with E-state index in [-0.39, 0.29) is 30.9 Å². The molecule has 0 radical (unpaired) electrons. The number of hydrogen-bond acceptors (Lipinski definition) is 6. The Labute approximate surface area is 197 Å². The Hall–Kier alpha value is -3.01. The van der Waals surface area contributed by atoms with Gasteiger partial charge in [0, 0.05) is 18.3 Å². The molecule has 4 N–H and O–H groups in total. The molecule has 2 heterocycles. The van der Waals surface area contributed by atoms with E-state index < -0.39 is 12.1 Å². The number of aromatic hydroxyl groups is 1. The van der Waals surface area contributed by atoms with Crippen LogP contribution in [0.25, 0.3) is 0 Å². The van der Waals surface area contributed by atoms with E-state index in [1.807, 2.05) is 13.8 Å². The van der Waals surface area contributed by atoms with Crippen LogP contribution in [0.1, 0.15) is 32.7 Å². The lowest BCUT2D eigenvalue weighted by Crippen LogP contribution is -2.27. The molecule has 3 atom stereocenters.